The summed E-state index contributed by atoms with van der Waals surface area (Å²) >= 11 is 0. The number of hydrogen-bond donors (Lipinski definition) is 1. The molecule has 0 saturated heterocycles. The molecule has 0 heterocycles. The molecule has 1 spiro atoms. The number of benzene rings is 3. The lowest BCUT2D eigenvalue weighted by atomic mass is 9.52. The molecule has 1 heteroatoms. The van der Waals surface area contributed by atoms with Crippen LogP contribution in [0, 0.1) is 10.8 Å². The Bertz CT molecular complexity index is 1050. The zero-order valence-corrected chi connectivity index (χ0v) is 16.8. The molecule has 0 aromatic heterocycles. The van der Waals surface area contributed by atoms with Gasteiger partial charge in [-0.3, -0.25) is 0 Å². The molecule has 1 fully saturated rings. The summed E-state index contributed by atoms with van der Waals surface area (Å²) < 4.78 is 0. The Morgan fingerprint density at radius 2 is 1.30 bits per heavy atom. The van der Waals surface area contributed by atoms with Crippen LogP contribution < -0.4 is 0 Å². The van der Waals surface area contributed by atoms with Crippen molar-refractivity contribution in [3.05, 3.63) is 65.7 Å². The summed E-state index contributed by atoms with van der Waals surface area (Å²) in [5.74, 6) is 0.415. The smallest absolute Gasteiger partial charge is 0.123 e. The maximum Gasteiger partial charge on any atom is 0.123 e. The third-order valence-corrected chi connectivity index (χ3v) is 6.77. The van der Waals surface area contributed by atoms with Crippen LogP contribution in [0.5, 0.6) is 5.75 Å². The van der Waals surface area contributed by atoms with Gasteiger partial charge in [0.05, 0.1) is 0 Å². The largest absolute Gasteiger partial charge is 0.507 e. The lowest BCUT2D eigenvalue weighted by Gasteiger charge is -2.51. The molecule has 0 atom stereocenters. The van der Waals surface area contributed by atoms with Gasteiger partial charge in [-0.1, -0.05) is 76.2 Å². The first kappa shape index (κ1) is 16.9. The van der Waals surface area contributed by atoms with Gasteiger partial charge in [0.15, 0.2) is 0 Å². The highest BCUT2D eigenvalue weighted by Gasteiger charge is 2.53. The lowest BCUT2D eigenvalue weighted by molar-refractivity contribution is 0.0645. The molecule has 0 unspecified atom stereocenters. The fourth-order valence-electron chi connectivity index (χ4n) is 6.79. The van der Waals surface area contributed by atoms with Crippen LogP contribution in [-0.4, -0.2) is 5.11 Å². The van der Waals surface area contributed by atoms with E-state index in [0.717, 1.165) is 18.2 Å². The van der Waals surface area contributed by atoms with Gasteiger partial charge in [0.25, 0.3) is 0 Å². The highest BCUT2D eigenvalue weighted by atomic mass is 16.3. The number of hydrogen-bond acceptors (Lipinski definition) is 1. The molecule has 138 valence electrons. The van der Waals surface area contributed by atoms with Crippen molar-refractivity contribution in [3.63, 3.8) is 0 Å². The van der Waals surface area contributed by atoms with Crippen LogP contribution in [0.4, 0.5) is 0 Å². The SMILES string of the molecule is CC1(C)CC(C)(C)CC2(C1)c1ccccc1-c1c2cc(O)c2ccccc12. The van der Waals surface area contributed by atoms with Crippen molar-refractivity contribution in [3.8, 4) is 16.9 Å². The molecule has 27 heavy (non-hydrogen) atoms. The minimum atomic E-state index is -0.0152. The van der Waals surface area contributed by atoms with Crippen LogP contribution in [0.1, 0.15) is 58.1 Å². The van der Waals surface area contributed by atoms with Crippen molar-refractivity contribution in [2.75, 3.05) is 0 Å². The number of fused-ring (bicyclic) bond motifs is 7. The summed E-state index contributed by atoms with van der Waals surface area (Å²) in [4.78, 5) is 0. The Hall–Kier alpha value is -2.28. The van der Waals surface area contributed by atoms with E-state index < -0.39 is 0 Å². The van der Waals surface area contributed by atoms with Crippen molar-refractivity contribution in [1.82, 2.24) is 0 Å². The Kier molecular flexibility index (Phi) is 3.22. The Balaban J connectivity index is 1.91. The van der Waals surface area contributed by atoms with Crippen molar-refractivity contribution in [1.29, 1.82) is 0 Å². The number of phenols is 1. The van der Waals surface area contributed by atoms with Gasteiger partial charge in [0.2, 0.25) is 0 Å². The van der Waals surface area contributed by atoms with E-state index in [1.54, 1.807) is 0 Å². The third-order valence-electron chi connectivity index (χ3n) is 6.77. The minimum absolute atomic E-state index is 0.0152. The molecule has 2 aliphatic carbocycles. The maximum absolute atomic E-state index is 10.9. The molecule has 5 rings (SSSR count). The van der Waals surface area contributed by atoms with Crippen molar-refractivity contribution < 1.29 is 5.11 Å². The number of aromatic hydroxyl groups is 1. The van der Waals surface area contributed by atoms with Crippen LogP contribution in [0.2, 0.25) is 0 Å². The van der Waals surface area contributed by atoms with E-state index in [2.05, 4.69) is 70.2 Å². The van der Waals surface area contributed by atoms with Gasteiger partial charge in [0.1, 0.15) is 5.75 Å². The molecule has 0 aliphatic heterocycles. The second kappa shape index (κ2) is 5.16. The number of phenolic OH excluding ortho intramolecular Hbond substituents is 1. The average Bonchev–Trinajstić information content (AvgIpc) is 2.82. The third kappa shape index (κ3) is 2.30. The van der Waals surface area contributed by atoms with Crippen LogP contribution in [-0.2, 0) is 5.41 Å². The normalized spacial score (nSPS) is 21.2. The zero-order chi connectivity index (χ0) is 19.0. The van der Waals surface area contributed by atoms with Gasteiger partial charge in [-0.25, -0.2) is 0 Å². The van der Waals surface area contributed by atoms with Crippen LogP contribution >= 0.6 is 0 Å². The van der Waals surface area contributed by atoms with Gasteiger partial charge in [-0.05, 0) is 63.8 Å². The molecular formula is C26H28O. The van der Waals surface area contributed by atoms with E-state index in [1.807, 2.05) is 12.1 Å². The predicted molar refractivity (Wildman–Crippen MR) is 113 cm³/mol. The first-order chi connectivity index (χ1) is 12.7. The molecular weight excluding hydrogens is 328 g/mol. The highest BCUT2D eigenvalue weighted by molar-refractivity contribution is 6.05. The van der Waals surface area contributed by atoms with E-state index in [4.69, 9.17) is 0 Å². The van der Waals surface area contributed by atoms with E-state index >= 15 is 0 Å². The predicted octanol–water partition coefficient (Wildman–Crippen LogP) is 7.05. The Labute approximate surface area is 162 Å². The summed E-state index contributed by atoms with van der Waals surface area (Å²) in [6, 6.07) is 19.3. The monoisotopic (exact) mass is 356 g/mol. The molecule has 1 nitrogen and oxygen atoms in total. The first-order valence-electron chi connectivity index (χ1n) is 10.1. The standard InChI is InChI=1S/C26H28O/c1-24(2)14-25(3,4)16-26(15-24)20-12-8-7-11-19(20)23-18-10-6-5-9-17(18)22(27)13-21(23)26/h5-13,27H,14-16H2,1-4H3. The molecule has 3 aromatic carbocycles. The van der Waals surface area contributed by atoms with E-state index in [1.165, 1.54) is 34.1 Å². The summed E-state index contributed by atoms with van der Waals surface area (Å²) in [6.07, 6.45) is 3.50. The molecule has 3 aromatic rings. The van der Waals surface area contributed by atoms with Crippen LogP contribution in [0.25, 0.3) is 21.9 Å². The van der Waals surface area contributed by atoms with Crippen molar-refractivity contribution >= 4 is 10.8 Å². The Morgan fingerprint density at radius 3 is 2.00 bits per heavy atom. The summed E-state index contributed by atoms with van der Waals surface area (Å²) in [5, 5.41) is 13.0. The van der Waals surface area contributed by atoms with Gasteiger partial charge in [0, 0.05) is 10.8 Å². The molecule has 0 radical (unpaired) electrons. The van der Waals surface area contributed by atoms with Crippen molar-refractivity contribution in [2.24, 2.45) is 10.8 Å². The van der Waals surface area contributed by atoms with Crippen LogP contribution in [0.3, 0.4) is 0 Å². The fourth-order valence-corrected chi connectivity index (χ4v) is 6.79. The van der Waals surface area contributed by atoms with Gasteiger partial charge in [-0.15, -0.1) is 0 Å². The van der Waals surface area contributed by atoms with Gasteiger partial charge in [-0.2, -0.15) is 0 Å². The van der Waals surface area contributed by atoms with Gasteiger partial charge >= 0.3 is 0 Å². The summed E-state index contributed by atoms with van der Waals surface area (Å²) in [7, 11) is 0. The highest BCUT2D eigenvalue weighted by Crippen LogP contribution is 2.64. The maximum atomic E-state index is 10.9. The molecule has 0 bridgehead atoms. The quantitative estimate of drug-likeness (QED) is 0.457. The van der Waals surface area contributed by atoms with E-state index in [0.29, 0.717) is 5.75 Å². The van der Waals surface area contributed by atoms with Crippen LogP contribution in [0.15, 0.2) is 54.6 Å². The molecule has 1 saturated carbocycles. The minimum Gasteiger partial charge on any atom is -0.507 e. The first-order valence-corrected chi connectivity index (χ1v) is 10.1. The van der Waals surface area contributed by atoms with E-state index in [9.17, 15) is 5.11 Å². The van der Waals surface area contributed by atoms with E-state index in [-0.39, 0.29) is 16.2 Å². The van der Waals surface area contributed by atoms with Gasteiger partial charge < -0.3 is 5.11 Å². The lowest BCUT2D eigenvalue weighted by Crippen LogP contribution is -2.43. The second-order valence-electron chi connectivity index (χ2n) is 10.4. The Morgan fingerprint density at radius 1 is 0.704 bits per heavy atom. The zero-order valence-electron chi connectivity index (χ0n) is 16.8. The number of rotatable bonds is 0. The second-order valence-corrected chi connectivity index (χ2v) is 10.4. The summed E-state index contributed by atoms with van der Waals surface area (Å²) in [5.41, 5.74) is 6.00. The molecule has 0 amide bonds. The topological polar surface area (TPSA) is 20.2 Å². The average molecular weight is 357 g/mol. The fraction of sp³-hybridized carbons (Fsp3) is 0.385. The molecule has 2 aliphatic rings. The van der Waals surface area contributed by atoms with Crippen molar-refractivity contribution in [2.45, 2.75) is 52.4 Å². The molecule has 1 N–H and O–H groups in total. The summed E-state index contributed by atoms with van der Waals surface area (Å²) in [6.45, 7) is 9.66.